The van der Waals surface area contributed by atoms with Crippen LogP contribution < -0.4 is 10.6 Å². The van der Waals surface area contributed by atoms with Crippen LogP contribution in [0.3, 0.4) is 0 Å². The van der Waals surface area contributed by atoms with Gasteiger partial charge < -0.3 is 10.6 Å². The summed E-state index contributed by atoms with van der Waals surface area (Å²) in [6, 6.07) is 9.50. The molecule has 3 rings (SSSR count). The van der Waals surface area contributed by atoms with Crippen molar-refractivity contribution in [3.8, 4) is 0 Å². The predicted molar refractivity (Wildman–Crippen MR) is 89.2 cm³/mol. The van der Waals surface area contributed by atoms with E-state index < -0.39 is 0 Å². The van der Waals surface area contributed by atoms with E-state index in [0.717, 1.165) is 23.4 Å². The zero-order valence-corrected chi connectivity index (χ0v) is 13.1. The Morgan fingerprint density at radius 2 is 1.86 bits per heavy atom. The van der Waals surface area contributed by atoms with Crippen LogP contribution in [0.25, 0.3) is 0 Å². The van der Waals surface area contributed by atoms with Gasteiger partial charge in [-0.3, -0.25) is 4.79 Å². The molecule has 3 nitrogen and oxygen atoms in total. The van der Waals surface area contributed by atoms with Crippen molar-refractivity contribution in [2.24, 2.45) is 0 Å². The van der Waals surface area contributed by atoms with E-state index in [1.165, 1.54) is 29.7 Å². The number of nitrogens with zero attached hydrogens (tertiary/aromatic N) is 1. The molecule has 1 aliphatic rings. The van der Waals surface area contributed by atoms with E-state index in [2.05, 4.69) is 6.07 Å². The Morgan fingerprint density at radius 3 is 2.62 bits per heavy atom. The fraction of sp³-hybridized carbons (Fsp3) is 0.353. The summed E-state index contributed by atoms with van der Waals surface area (Å²) in [6.07, 6.45) is 6.03. The molecule has 0 saturated heterocycles. The van der Waals surface area contributed by atoms with E-state index in [4.69, 9.17) is 5.73 Å². The van der Waals surface area contributed by atoms with E-state index in [1.54, 1.807) is 16.2 Å². The summed E-state index contributed by atoms with van der Waals surface area (Å²) in [5.74, 6) is 0.0674. The Morgan fingerprint density at radius 1 is 1.14 bits per heavy atom. The Hall–Kier alpha value is -1.81. The molecule has 0 radical (unpaired) electrons. The predicted octanol–water partition coefficient (Wildman–Crippen LogP) is 3.88. The summed E-state index contributed by atoms with van der Waals surface area (Å²) in [4.78, 5) is 16.6. The molecule has 2 aromatic rings. The van der Waals surface area contributed by atoms with Crippen molar-refractivity contribution in [2.75, 3.05) is 17.7 Å². The molecule has 4 heteroatoms. The number of anilines is 2. The van der Waals surface area contributed by atoms with Crippen molar-refractivity contribution in [1.82, 2.24) is 0 Å². The number of fused-ring (bicyclic) bond motifs is 1. The third kappa shape index (κ3) is 2.95. The van der Waals surface area contributed by atoms with Crippen molar-refractivity contribution < 1.29 is 4.79 Å². The molecule has 21 heavy (non-hydrogen) atoms. The van der Waals surface area contributed by atoms with Crippen molar-refractivity contribution in [3.63, 3.8) is 0 Å². The van der Waals surface area contributed by atoms with Gasteiger partial charge in [0.2, 0.25) is 0 Å². The van der Waals surface area contributed by atoms with Gasteiger partial charge in [-0.2, -0.15) is 0 Å². The first kappa shape index (κ1) is 14.1. The topological polar surface area (TPSA) is 46.3 Å². The Balaban J connectivity index is 1.83. The summed E-state index contributed by atoms with van der Waals surface area (Å²) in [7, 11) is 1.82. The lowest BCUT2D eigenvalue weighted by atomic mass is 10.1. The molecule has 1 heterocycles. The van der Waals surface area contributed by atoms with Gasteiger partial charge in [0.1, 0.15) is 0 Å². The average molecular weight is 300 g/mol. The van der Waals surface area contributed by atoms with Gasteiger partial charge in [0.25, 0.3) is 5.91 Å². The second-order valence-electron chi connectivity index (χ2n) is 5.58. The van der Waals surface area contributed by atoms with Crippen LogP contribution in [-0.4, -0.2) is 13.0 Å². The maximum atomic E-state index is 12.6. The molecule has 0 atom stereocenters. The highest BCUT2D eigenvalue weighted by atomic mass is 32.1. The molecule has 0 fully saturated rings. The molecule has 1 aromatic heterocycles. The maximum Gasteiger partial charge on any atom is 0.268 e. The lowest BCUT2D eigenvalue weighted by molar-refractivity contribution is 0.0997. The van der Waals surface area contributed by atoms with Crippen molar-refractivity contribution in [3.05, 3.63) is 45.6 Å². The van der Waals surface area contributed by atoms with Gasteiger partial charge >= 0.3 is 0 Å². The third-order valence-electron chi connectivity index (χ3n) is 4.04. The molecule has 1 amide bonds. The molecule has 1 aromatic carbocycles. The van der Waals surface area contributed by atoms with E-state index in [1.807, 2.05) is 31.3 Å². The smallest absolute Gasteiger partial charge is 0.268 e. The van der Waals surface area contributed by atoms with Gasteiger partial charge in [0, 0.05) is 23.3 Å². The minimum atomic E-state index is 0.0674. The SMILES string of the molecule is CN(C(=O)c1cc2c(s1)CCCCC2)c1ccc(N)cc1. The Labute approximate surface area is 129 Å². The number of carbonyl (C=O) groups is 1. The number of aryl methyl sites for hydroxylation is 2. The first-order valence-electron chi connectivity index (χ1n) is 7.40. The first-order chi connectivity index (χ1) is 10.1. The van der Waals surface area contributed by atoms with Gasteiger partial charge in [-0.25, -0.2) is 0 Å². The highest BCUT2D eigenvalue weighted by Crippen LogP contribution is 2.30. The Kier molecular flexibility index (Phi) is 3.97. The molecular formula is C17H20N2OS. The van der Waals surface area contributed by atoms with Crippen molar-refractivity contribution in [2.45, 2.75) is 32.1 Å². The number of hydrogen-bond acceptors (Lipinski definition) is 3. The van der Waals surface area contributed by atoms with E-state index in [-0.39, 0.29) is 5.91 Å². The highest BCUT2D eigenvalue weighted by Gasteiger charge is 2.19. The summed E-state index contributed by atoms with van der Waals surface area (Å²) >= 11 is 1.67. The highest BCUT2D eigenvalue weighted by molar-refractivity contribution is 7.14. The largest absolute Gasteiger partial charge is 0.399 e. The molecule has 0 saturated carbocycles. The second kappa shape index (κ2) is 5.90. The normalized spacial score (nSPS) is 14.3. The number of hydrogen-bond donors (Lipinski definition) is 1. The number of amides is 1. The number of nitrogens with two attached hydrogens (primary N) is 1. The van der Waals surface area contributed by atoms with Crippen LogP contribution in [0.5, 0.6) is 0 Å². The number of nitrogen functional groups attached to an aromatic ring is 1. The van der Waals surface area contributed by atoms with Gasteiger partial charge in [0.15, 0.2) is 0 Å². The quantitative estimate of drug-likeness (QED) is 0.676. The van der Waals surface area contributed by atoms with Crippen LogP contribution in [0, 0.1) is 0 Å². The number of rotatable bonds is 2. The number of carbonyl (C=O) groups excluding carboxylic acids is 1. The average Bonchev–Trinajstić information content (AvgIpc) is 2.77. The van der Waals surface area contributed by atoms with Crippen LogP contribution >= 0.6 is 11.3 Å². The number of benzene rings is 1. The molecule has 2 N–H and O–H groups in total. The lowest BCUT2D eigenvalue weighted by Crippen LogP contribution is -2.25. The summed E-state index contributed by atoms with van der Waals surface area (Å²) in [5, 5.41) is 0. The summed E-state index contributed by atoms with van der Waals surface area (Å²) in [5.41, 5.74) is 8.66. The van der Waals surface area contributed by atoms with E-state index >= 15 is 0 Å². The maximum absolute atomic E-state index is 12.6. The van der Waals surface area contributed by atoms with Crippen LogP contribution in [-0.2, 0) is 12.8 Å². The summed E-state index contributed by atoms with van der Waals surface area (Å²) in [6.45, 7) is 0. The Bertz CT molecular complexity index is 622. The first-order valence-corrected chi connectivity index (χ1v) is 8.22. The zero-order chi connectivity index (χ0) is 14.8. The number of thiophene rings is 1. The second-order valence-corrected chi connectivity index (χ2v) is 6.71. The van der Waals surface area contributed by atoms with Gasteiger partial charge in [0.05, 0.1) is 4.88 Å². The van der Waals surface area contributed by atoms with Gasteiger partial charge in [-0.05, 0) is 61.6 Å². The minimum Gasteiger partial charge on any atom is -0.399 e. The fourth-order valence-electron chi connectivity index (χ4n) is 2.75. The standard InChI is InChI=1S/C17H20N2OS/c1-19(14-9-7-13(18)8-10-14)17(20)16-11-12-5-3-2-4-6-15(12)21-16/h7-11H,2-6,18H2,1H3. The van der Waals surface area contributed by atoms with Crippen molar-refractivity contribution >= 4 is 28.6 Å². The fourth-order valence-corrected chi connectivity index (χ4v) is 3.98. The van der Waals surface area contributed by atoms with E-state index in [0.29, 0.717) is 5.69 Å². The lowest BCUT2D eigenvalue weighted by Gasteiger charge is -2.16. The van der Waals surface area contributed by atoms with Gasteiger partial charge in [-0.15, -0.1) is 11.3 Å². The zero-order valence-electron chi connectivity index (χ0n) is 12.3. The molecular weight excluding hydrogens is 280 g/mol. The summed E-state index contributed by atoms with van der Waals surface area (Å²) < 4.78 is 0. The van der Waals surface area contributed by atoms with Crippen LogP contribution in [0.2, 0.25) is 0 Å². The molecule has 0 aliphatic heterocycles. The minimum absolute atomic E-state index is 0.0674. The van der Waals surface area contributed by atoms with E-state index in [9.17, 15) is 4.79 Å². The molecule has 0 unspecified atom stereocenters. The van der Waals surface area contributed by atoms with Crippen molar-refractivity contribution in [1.29, 1.82) is 0 Å². The monoisotopic (exact) mass is 300 g/mol. The molecule has 0 bridgehead atoms. The molecule has 1 aliphatic carbocycles. The van der Waals surface area contributed by atoms with Crippen LogP contribution in [0.15, 0.2) is 30.3 Å². The molecule has 0 spiro atoms. The van der Waals surface area contributed by atoms with Gasteiger partial charge in [-0.1, -0.05) is 6.42 Å². The van der Waals surface area contributed by atoms with Crippen LogP contribution in [0.1, 0.15) is 39.4 Å². The molecule has 110 valence electrons. The van der Waals surface area contributed by atoms with Crippen LogP contribution in [0.4, 0.5) is 11.4 Å². The third-order valence-corrected chi connectivity index (χ3v) is 5.27.